The Hall–Kier alpha value is -1.69. The molecule has 5 nitrogen and oxygen atoms in total. The molecule has 2 aliphatic rings. The molecule has 0 unspecified atom stereocenters. The van der Waals surface area contributed by atoms with Gasteiger partial charge in [-0.15, -0.1) is 0 Å². The number of rotatable bonds is 5. The highest BCUT2D eigenvalue weighted by Gasteiger charge is 2.36. The summed E-state index contributed by atoms with van der Waals surface area (Å²) >= 11 is 0. The molecule has 0 radical (unpaired) electrons. The lowest BCUT2D eigenvalue weighted by Gasteiger charge is -2.37. The first-order valence-corrected chi connectivity index (χ1v) is 8.36. The van der Waals surface area contributed by atoms with E-state index in [1.807, 2.05) is 30.7 Å². The number of furan rings is 1. The van der Waals surface area contributed by atoms with Crippen LogP contribution in [-0.4, -0.2) is 53.1 Å². The zero-order chi connectivity index (χ0) is 15.5. The zero-order valence-corrected chi connectivity index (χ0v) is 13.3. The summed E-state index contributed by atoms with van der Waals surface area (Å²) in [5.41, 5.74) is 2.28. The molecule has 23 heavy (non-hydrogen) atoms. The van der Waals surface area contributed by atoms with Gasteiger partial charge in [-0.2, -0.15) is 0 Å². The summed E-state index contributed by atoms with van der Waals surface area (Å²) in [7, 11) is 0. The van der Waals surface area contributed by atoms with E-state index in [0.29, 0.717) is 18.8 Å². The van der Waals surface area contributed by atoms with E-state index in [4.69, 9.17) is 9.15 Å². The van der Waals surface area contributed by atoms with Crippen LogP contribution in [0.1, 0.15) is 17.7 Å². The van der Waals surface area contributed by atoms with Crippen LogP contribution in [0.5, 0.6) is 0 Å². The predicted molar refractivity (Wildman–Crippen MR) is 86.8 cm³/mol. The number of fused-ring (bicyclic) bond motifs is 1. The van der Waals surface area contributed by atoms with Crippen molar-refractivity contribution < 1.29 is 9.15 Å². The molecular weight excluding hydrogens is 290 g/mol. The van der Waals surface area contributed by atoms with Crippen molar-refractivity contribution >= 4 is 0 Å². The predicted octanol–water partition coefficient (Wildman–Crippen LogP) is 2.15. The van der Waals surface area contributed by atoms with Crippen molar-refractivity contribution in [1.29, 1.82) is 0 Å². The summed E-state index contributed by atoms with van der Waals surface area (Å²) in [4.78, 5) is 9.43. The van der Waals surface area contributed by atoms with Crippen molar-refractivity contribution in [3.8, 4) is 0 Å². The van der Waals surface area contributed by atoms with Gasteiger partial charge in [0.05, 0.1) is 30.9 Å². The van der Waals surface area contributed by atoms with Crippen molar-refractivity contribution in [3.63, 3.8) is 0 Å². The number of nitrogens with zero attached hydrogens (tertiary/aromatic N) is 3. The van der Waals surface area contributed by atoms with Gasteiger partial charge in [0.15, 0.2) is 0 Å². The summed E-state index contributed by atoms with van der Waals surface area (Å²) in [5, 5.41) is 0. The monoisotopic (exact) mass is 313 g/mol. The van der Waals surface area contributed by atoms with Crippen molar-refractivity contribution in [2.24, 2.45) is 0 Å². The maximum Gasteiger partial charge on any atom is 0.0947 e. The summed E-state index contributed by atoms with van der Waals surface area (Å²) in [5.74, 6) is 0. The molecule has 4 heterocycles. The van der Waals surface area contributed by atoms with E-state index >= 15 is 0 Å². The van der Waals surface area contributed by atoms with Crippen molar-refractivity contribution in [3.05, 3.63) is 54.2 Å². The van der Waals surface area contributed by atoms with Crippen molar-refractivity contribution in [2.45, 2.75) is 31.7 Å². The number of hydrogen-bond acceptors (Lipinski definition) is 5. The minimum atomic E-state index is 0.330. The Bertz CT molecular complexity index is 602. The number of piperazine rings is 1. The van der Waals surface area contributed by atoms with Gasteiger partial charge < -0.3 is 9.15 Å². The summed E-state index contributed by atoms with van der Waals surface area (Å²) in [6, 6.07) is 8.64. The highest BCUT2D eigenvalue weighted by atomic mass is 16.5. The lowest BCUT2D eigenvalue weighted by molar-refractivity contribution is 0.0440. The first kappa shape index (κ1) is 14.9. The molecule has 0 bridgehead atoms. The normalized spacial score (nSPS) is 25.6. The fourth-order valence-corrected chi connectivity index (χ4v) is 3.65. The number of ether oxygens (including phenoxy) is 1. The standard InChI is InChI=1S/C18H23N3O2/c1-2-5-19-16(3-1)14-23-18-9-17-11-20(6-7-21(17)12-18)10-15-4-8-22-13-15/h1-5,8,13,17-18H,6-7,9-12,14H2/t17-,18-/m0/s1. The van der Waals surface area contributed by atoms with Gasteiger partial charge in [0.2, 0.25) is 0 Å². The minimum Gasteiger partial charge on any atom is -0.472 e. The number of pyridine rings is 1. The molecule has 0 spiro atoms. The third-order valence-electron chi connectivity index (χ3n) is 4.84. The number of aromatic nitrogens is 1. The Balaban J connectivity index is 1.27. The van der Waals surface area contributed by atoms with Gasteiger partial charge in [-0.1, -0.05) is 6.07 Å². The van der Waals surface area contributed by atoms with E-state index in [1.54, 1.807) is 6.26 Å². The van der Waals surface area contributed by atoms with Crippen LogP contribution < -0.4 is 0 Å². The van der Waals surface area contributed by atoms with Gasteiger partial charge in [0.1, 0.15) is 0 Å². The zero-order valence-electron chi connectivity index (χ0n) is 13.3. The summed E-state index contributed by atoms with van der Waals surface area (Å²) < 4.78 is 11.3. The van der Waals surface area contributed by atoms with E-state index in [0.717, 1.165) is 44.8 Å². The Morgan fingerprint density at radius 3 is 3.04 bits per heavy atom. The van der Waals surface area contributed by atoms with E-state index in [-0.39, 0.29) is 0 Å². The van der Waals surface area contributed by atoms with Gasteiger partial charge >= 0.3 is 0 Å². The molecule has 0 N–H and O–H groups in total. The average molecular weight is 313 g/mol. The van der Waals surface area contributed by atoms with Gasteiger partial charge in [0.25, 0.3) is 0 Å². The first-order valence-electron chi connectivity index (χ1n) is 8.36. The molecule has 0 saturated carbocycles. The van der Waals surface area contributed by atoms with Crippen LogP contribution >= 0.6 is 0 Å². The molecule has 122 valence electrons. The maximum absolute atomic E-state index is 6.08. The molecular formula is C18H23N3O2. The second kappa shape index (κ2) is 6.83. The van der Waals surface area contributed by atoms with Gasteiger partial charge in [0, 0.05) is 50.5 Å². The molecule has 2 aliphatic heterocycles. The van der Waals surface area contributed by atoms with E-state index < -0.39 is 0 Å². The van der Waals surface area contributed by atoms with Crippen LogP contribution in [0, 0.1) is 0 Å². The van der Waals surface area contributed by atoms with Crippen LogP contribution in [-0.2, 0) is 17.9 Å². The quantitative estimate of drug-likeness (QED) is 0.846. The lowest BCUT2D eigenvalue weighted by Crippen LogP contribution is -2.49. The molecule has 2 fully saturated rings. The highest BCUT2D eigenvalue weighted by molar-refractivity contribution is 5.06. The lowest BCUT2D eigenvalue weighted by atomic mass is 10.1. The van der Waals surface area contributed by atoms with Crippen LogP contribution in [0.15, 0.2) is 47.4 Å². The number of hydrogen-bond donors (Lipinski definition) is 0. The second-order valence-electron chi connectivity index (χ2n) is 6.51. The van der Waals surface area contributed by atoms with Crippen LogP contribution in [0.25, 0.3) is 0 Å². The smallest absolute Gasteiger partial charge is 0.0947 e. The summed E-state index contributed by atoms with van der Waals surface area (Å²) in [6.45, 7) is 6.03. The fourth-order valence-electron chi connectivity index (χ4n) is 3.65. The van der Waals surface area contributed by atoms with Crippen molar-refractivity contribution in [1.82, 2.24) is 14.8 Å². The second-order valence-corrected chi connectivity index (χ2v) is 6.51. The minimum absolute atomic E-state index is 0.330. The molecule has 0 aromatic carbocycles. The SMILES string of the molecule is c1ccc(CO[C@H]2C[C@H]3CN(Cc4ccoc4)CCN3C2)nc1. The first-order chi connectivity index (χ1) is 11.4. The average Bonchev–Trinajstić information content (AvgIpc) is 3.23. The Labute approximate surface area is 136 Å². The molecule has 4 rings (SSSR count). The topological polar surface area (TPSA) is 41.7 Å². The van der Waals surface area contributed by atoms with Gasteiger partial charge in [-0.25, -0.2) is 0 Å². The summed E-state index contributed by atoms with van der Waals surface area (Å²) in [6.07, 6.45) is 6.87. The highest BCUT2D eigenvalue weighted by Crippen LogP contribution is 2.25. The van der Waals surface area contributed by atoms with Gasteiger partial charge in [-0.05, 0) is 24.6 Å². The third-order valence-corrected chi connectivity index (χ3v) is 4.84. The maximum atomic E-state index is 6.08. The molecule has 2 aromatic rings. The molecule has 2 saturated heterocycles. The molecule has 0 aliphatic carbocycles. The molecule has 2 atom stereocenters. The van der Waals surface area contributed by atoms with Crippen LogP contribution in [0.3, 0.4) is 0 Å². The molecule has 5 heteroatoms. The molecule has 0 amide bonds. The van der Waals surface area contributed by atoms with E-state index in [1.165, 1.54) is 5.56 Å². The fraction of sp³-hybridized carbons (Fsp3) is 0.500. The van der Waals surface area contributed by atoms with Crippen LogP contribution in [0.4, 0.5) is 0 Å². The van der Waals surface area contributed by atoms with E-state index in [9.17, 15) is 0 Å². The Kier molecular flexibility index (Phi) is 4.41. The molecule has 2 aromatic heterocycles. The van der Waals surface area contributed by atoms with E-state index in [2.05, 4.69) is 20.9 Å². The Morgan fingerprint density at radius 2 is 2.22 bits per heavy atom. The largest absolute Gasteiger partial charge is 0.472 e. The Morgan fingerprint density at radius 1 is 1.22 bits per heavy atom. The van der Waals surface area contributed by atoms with Crippen molar-refractivity contribution in [2.75, 3.05) is 26.2 Å². The third kappa shape index (κ3) is 3.63. The van der Waals surface area contributed by atoms with Crippen LogP contribution in [0.2, 0.25) is 0 Å². The van der Waals surface area contributed by atoms with Gasteiger partial charge in [-0.3, -0.25) is 14.8 Å².